The predicted octanol–water partition coefficient (Wildman–Crippen LogP) is 2.07. The predicted molar refractivity (Wildman–Crippen MR) is 64.2 cm³/mol. The third-order valence-corrected chi connectivity index (χ3v) is 2.45. The molecule has 0 spiro atoms. The quantitative estimate of drug-likeness (QED) is 0.403. The number of furan rings is 1. The lowest BCUT2D eigenvalue weighted by Crippen LogP contribution is -2.35. The first-order valence-electron chi connectivity index (χ1n) is 5.96. The van der Waals surface area contributed by atoms with Crippen molar-refractivity contribution < 1.29 is 23.5 Å². The van der Waals surface area contributed by atoms with E-state index in [1.165, 1.54) is 19.3 Å². The van der Waals surface area contributed by atoms with Gasteiger partial charge in [0, 0.05) is 13.2 Å². The topological polar surface area (TPSA) is 65.7 Å². The highest BCUT2D eigenvalue weighted by molar-refractivity contribution is 6.09. The van der Waals surface area contributed by atoms with Gasteiger partial charge in [-0.05, 0) is 32.9 Å². The summed E-state index contributed by atoms with van der Waals surface area (Å²) in [6.45, 7) is 5.74. The largest absolute Gasteiger partial charge is 0.461 e. The van der Waals surface area contributed by atoms with Gasteiger partial charge in [-0.3, -0.25) is 9.59 Å². The molecular weight excluding hydrogens is 236 g/mol. The number of hydrogen-bond donors (Lipinski definition) is 0. The van der Waals surface area contributed by atoms with Crippen molar-refractivity contribution in [3.05, 3.63) is 24.2 Å². The molecule has 1 unspecified atom stereocenters. The molecule has 0 aliphatic rings. The Morgan fingerprint density at radius 2 is 1.89 bits per heavy atom. The van der Waals surface area contributed by atoms with Gasteiger partial charge < -0.3 is 13.9 Å². The van der Waals surface area contributed by atoms with Crippen molar-refractivity contribution in [2.75, 3.05) is 13.2 Å². The van der Waals surface area contributed by atoms with Crippen LogP contribution in [-0.4, -0.2) is 31.1 Å². The average molecular weight is 254 g/mol. The SMILES string of the molecule is CCOC(OCC)C(=O)C(C)C(=O)c1ccco1. The molecule has 0 aliphatic heterocycles. The molecule has 0 aromatic carbocycles. The van der Waals surface area contributed by atoms with Gasteiger partial charge in [-0.1, -0.05) is 0 Å². The summed E-state index contributed by atoms with van der Waals surface area (Å²) in [5.74, 6) is -1.43. The normalized spacial score (nSPS) is 12.7. The molecule has 0 fully saturated rings. The molecule has 18 heavy (non-hydrogen) atoms. The number of ether oxygens (including phenoxy) is 2. The van der Waals surface area contributed by atoms with Crippen LogP contribution in [-0.2, 0) is 14.3 Å². The van der Waals surface area contributed by atoms with Crippen LogP contribution in [0.15, 0.2) is 22.8 Å². The van der Waals surface area contributed by atoms with E-state index in [-0.39, 0.29) is 17.3 Å². The van der Waals surface area contributed by atoms with Gasteiger partial charge in [0.1, 0.15) is 0 Å². The highest BCUT2D eigenvalue weighted by Gasteiger charge is 2.31. The molecule has 0 radical (unpaired) electrons. The van der Waals surface area contributed by atoms with Gasteiger partial charge in [0.25, 0.3) is 0 Å². The van der Waals surface area contributed by atoms with Crippen LogP contribution in [0.25, 0.3) is 0 Å². The summed E-state index contributed by atoms with van der Waals surface area (Å²) < 4.78 is 15.3. The van der Waals surface area contributed by atoms with Crippen molar-refractivity contribution in [2.24, 2.45) is 5.92 Å². The third kappa shape index (κ3) is 3.51. The van der Waals surface area contributed by atoms with E-state index in [0.717, 1.165) is 0 Å². The summed E-state index contributed by atoms with van der Waals surface area (Å²) in [5.41, 5.74) is 0. The number of hydrogen-bond acceptors (Lipinski definition) is 5. The van der Waals surface area contributed by atoms with Crippen LogP contribution >= 0.6 is 0 Å². The molecular formula is C13H18O5. The van der Waals surface area contributed by atoms with Gasteiger partial charge >= 0.3 is 0 Å². The number of ketones is 2. The molecule has 0 saturated carbocycles. The second-order valence-electron chi connectivity index (χ2n) is 3.71. The Morgan fingerprint density at radius 3 is 2.33 bits per heavy atom. The summed E-state index contributed by atoms with van der Waals surface area (Å²) in [7, 11) is 0. The standard InChI is InChI=1S/C13H18O5/c1-4-16-13(17-5-2)12(15)9(3)11(14)10-7-6-8-18-10/h6-9,13H,4-5H2,1-3H3. The number of Topliss-reactive ketones (excluding diaryl/α,β-unsaturated/α-hetero) is 2. The van der Waals surface area contributed by atoms with Crippen LogP contribution in [0, 0.1) is 5.92 Å². The number of carbonyl (C=O) groups is 2. The number of rotatable bonds is 8. The van der Waals surface area contributed by atoms with Crippen LogP contribution in [0.2, 0.25) is 0 Å². The molecule has 5 nitrogen and oxygen atoms in total. The molecule has 1 aromatic heterocycles. The Balaban J connectivity index is 2.72. The van der Waals surface area contributed by atoms with E-state index < -0.39 is 12.2 Å². The summed E-state index contributed by atoms with van der Waals surface area (Å²) in [6.07, 6.45) is 0.404. The molecule has 5 heteroatoms. The Bertz CT molecular complexity index is 376. The Labute approximate surface area is 106 Å². The molecule has 1 rings (SSSR count). The van der Waals surface area contributed by atoms with Crippen molar-refractivity contribution in [2.45, 2.75) is 27.1 Å². The van der Waals surface area contributed by atoms with E-state index in [0.29, 0.717) is 13.2 Å². The maximum Gasteiger partial charge on any atom is 0.218 e. The van der Waals surface area contributed by atoms with Crippen LogP contribution < -0.4 is 0 Å². The van der Waals surface area contributed by atoms with Crippen LogP contribution in [0.5, 0.6) is 0 Å². The summed E-state index contributed by atoms with van der Waals surface area (Å²) in [6, 6.07) is 3.13. The lowest BCUT2D eigenvalue weighted by molar-refractivity contribution is -0.170. The first-order chi connectivity index (χ1) is 8.61. The molecule has 100 valence electrons. The molecule has 1 aromatic rings. The Morgan fingerprint density at radius 1 is 1.28 bits per heavy atom. The van der Waals surface area contributed by atoms with E-state index in [1.54, 1.807) is 19.9 Å². The molecule has 0 bridgehead atoms. The maximum absolute atomic E-state index is 12.0. The van der Waals surface area contributed by atoms with Crippen molar-refractivity contribution in [1.29, 1.82) is 0 Å². The van der Waals surface area contributed by atoms with E-state index in [2.05, 4.69) is 0 Å². The van der Waals surface area contributed by atoms with Gasteiger partial charge in [-0.25, -0.2) is 0 Å². The molecule has 0 N–H and O–H groups in total. The Hall–Kier alpha value is -1.46. The minimum absolute atomic E-state index is 0.169. The van der Waals surface area contributed by atoms with Crippen molar-refractivity contribution in [3.8, 4) is 0 Å². The van der Waals surface area contributed by atoms with Crippen molar-refractivity contribution in [3.63, 3.8) is 0 Å². The lowest BCUT2D eigenvalue weighted by atomic mass is 9.99. The maximum atomic E-state index is 12.0. The monoisotopic (exact) mass is 254 g/mol. The van der Waals surface area contributed by atoms with Gasteiger partial charge in [-0.2, -0.15) is 0 Å². The smallest absolute Gasteiger partial charge is 0.218 e. The summed E-state index contributed by atoms with van der Waals surface area (Å²) >= 11 is 0. The van der Waals surface area contributed by atoms with Crippen LogP contribution in [0.1, 0.15) is 31.3 Å². The zero-order valence-corrected chi connectivity index (χ0v) is 10.8. The van der Waals surface area contributed by atoms with Gasteiger partial charge in [-0.15, -0.1) is 0 Å². The van der Waals surface area contributed by atoms with E-state index >= 15 is 0 Å². The van der Waals surface area contributed by atoms with E-state index in [9.17, 15) is 9.59 Å². The fourth-order valence-electron chi connectivity index (χ4n) is 1.48. The molecule has 0 saturated heterocycles. The first-order valence-corrected chi connectivity index (χ1v) is 5.96. The molecule has 0 aliphatic carbocycles. The fourth-order valence-corrected chi connectivity index (χ4v) is 1.48. The highest BCUT2D eigenvalue weighted by Crippen LogP contribution is 2.14. The average Bonchev–Trinajstić information content (AvgIpc) is 2.89. The molecule has 1 atom stereocenters. The second kappa shape index (κ2) is 7.08. The van der Waals surface area contributed by atoms with Crippen molar-refractivity contribution in [1.82, 2.24) is 0 Å². The highest BCUT2D eigenvalue weighted by atomic mass is 16.7. The fraction of sp³-hybridized carbons (Fsp3) is 0.538. The van der Waals surface area contributed by atoms with Crippen LogP contribution in [0.4, 0.5) is 0 Å². The van der Waals surface area contributed by atoms with Gasteiger partial charge in [0.2, 0.25) is 12.1 Å². The van der Waals surface area contributed by atoms with Gasteiger partial charge in [0.15, 0.2) is 11.5 Å². The summed E-state index contributed by atoms with van der Waals surface area (Å²) in [4.78, 5) is 24.0. The second-order valence-corrected chi connectivity index (χ2v) is 3.71. The third-order valence-electron chi connectivity index (χ3n) is 2.45. The zero-order chi connectivity index (χ0) is 13.5. The number of carbonyl (C=O) groups excluding carboxylic acids is 2. The molecule has 0 amide bonds. The first kappa shape index (κ1) is 14.6. The minimum atomic E-state index is -0.992. The molecule has 1 heterocycles. The minimum Gasteiger partial charge on any atom is -0.461 e. The zero-order valence-electron chi connectivity index (χ0n) is 10.8. The summed E-state index contributed by atoms with van der Waals surface area (Å²) in [5, 5.41) is 0. The van der Waals surface area contributed by atoms with E-state index in [4.69, 9.17) is 13.9 Å². The van der Waals surface area contributed by atoms with Gasteiger partial charge in [0.05, 0.1) is 12.2 Å². The van der Waals surface area contributed by atoms with E-state index in [1.807, 2.05) is 0 Å². The van der Waals surface area contributed by atoms with Crippen LogP contribution in [0.3, 0.4) is 0 Å². The van der Waals surface area contributed by atoms with Crippen molar-refractivity contribution >= 4 is 11.6 Å². The Kier molecular flexibility index (Phi) is 5.74. The lowest BCUT2D eigenvalue weighted by Gasteiger charge is -2.18.